The lowest BCUT2D eigenvalue weighted by molar-refractivity contribution is 0.0926. The predicted octanol–water partition coefficient (Wildman–Crippen LogP) is 3.82. The van der Waals surface area contributed by atoms with Crippen LogP contribution in [0.5, 0.6) is 0 Å². The summed E-state index contributed by atoms with van der Waals surface area (Å²) >= 11 is 4.83. The van der Waals surface area contributed by atoms with Gasteiger partial charge in [0.1, 0.15) is 0 Å². The summed E-state index contributed by atoms with van der Waals surface area (Å²) in [6.07, 6.45) is 1.00. The maximum Gasteiger partial charge on any atom is 0.307 e. The Hall–Kier alpha value is -1.40. The van der Waals surface area contributed by atoms with Gasteiger partial charge in [-0.05, 0) is 53.5 Å². The van der Waals surface area contributed by atoms with Crippen molar-refractivity contribution in [3.05, 3.63) is 44.4 Å². The lowest BCUT2D eigenvalue weighted by atomic mass is 10.3. The van der Waals surface area contributed by atoms with E-state index in [2.05, 4.69) is 39.4 Å². The van der Waals surface area contributed by atoms with Crippen LogP contribution in [0.1, 0.15) is 34.2 Å². The highest BCUT2D eigenvalue weighted by Gasteiger charge is 2.10. The van der Waals surface area contributed by atoms with Crippen molar-refractivity contribution >= 4 is 38.9 Å². The van der Waals surface area contributed by atoms with Crippen molar-refractivity contribution < 1.29 is 9.21 Å². The van der Waals surface area contributed by atoms with Gasteiger partial charge in [0.05, 0.1) is 10.6 Å². The van der Waals surface area contributed by atoms with E-state index in [9.17, 15) is 4.79 Å². The summed E-state index contributed by atoms with van der Waals surface area (Å²) in [6, 6.07) is 7.34. The number of carbonyl (C=O) groups is 1. The zero-order valence-corrected chi connectivity index (χ0v) is 13.0. The molecule has 0 spiro atoms. The lowest BCUT2D eigenvalue weighted by Gasteiger charge is -1.98. The quantitative estimate of drug-likeness (QED) is 0.679. The number of nitrogens with one attached hydrogen (secondary N) is 1. The fourth-order valence-corrected chi connectivity index (χ4v) is 2.64. The Labute approximate surface area is 123 Å². The molecule has 4 nitrogen and oxygen atoms in total. The van der Waals surface area contributed by atoms with E-state index >= 15 is 0 Å². The second-order valence-electron chi connectivity index (χ2n) is 3.86. The van der Waals surface area contributed by atoms with Gasteiger partial charge in [-0.2, -0.15) is 5.10 Å². The van der Waals surface area contributed by atoms with E-state index in [1.807, 2.05) is 13.0 Å². The Morgan fingerprint density at radius 1 is 1.42 bits per heavy atom. The molecule has 0 unspecified atom stereocenters. The van der Waals surface area contributed by atoms with Gasteiger partial charge in [0.25, 0.3) is 0 Å². The molecule has 0 aromatic carbocycles. The molecule has 0 bridgehead atoms. The summed E-state index contributed by atoms with van der Waals surface area (Å²) in [6.45, 7) is 3.97. The fourth-order valence-electron chi connectivity index (χ4n) is 1.44. The molecule has 0 aliphatic carbocycles. The molecule has 19 heavy (non-hydrogen) atoms. The second-order valence-corrected chi connectivity index (χ2v) is 5.81. The SMILES string of the molecule is CCc1ccc(/C(C)=N/NC(=O)c2ccc(Br)o2)s1. The van der Waals surface area contributed by atoms with Gasteiger partial charge in [-0.1, -0.05) is 6.92 Å². The van der Waals surface area contributed by atoms with Gasteiger partial charge < -0.3 is 4.42 Å². The molecule has 0 atom stereocenters. The highest BCUT2D eigenvalue weighted by Crippen LogP contribution is 2.18. The number of rotatable bonds is 4. The lowest BCUT2D eigenvalue weighted by Crippen LogP contribution is -2.18. The number of furan rings is 1. The molecule has 0 saturated heterocycles. The molecule has 0 aliphatic heterocycles. The molecule has 2 rings (SSSR count). The molecule has 0 aliphatic rings. The van der Waals surface area contributed by atoms with Crippen LogP contribution >= 0.6 is 27.3 Å². The molecule has 0 fully saturated rings. The molecule has 2 aromatic rings. The van der Waals surface area contributed by atoms with Crippen molar-refractivity contribution in [2.45, 2.75) is 20.3 Å². The third-order valence-corrected chi connectivity index (χ3v) is 4.25. The molecular formula is C13H13BrN2O2S. The van der Waals surface area contributed by atoms with Crippen molar-refractivity contribution in [1.29, 1.82) is 0 Å². The topological polar surface area (TPSA) is 54.6 Å². The minimum Gasteiger partial charge on any atom is -0.444 e. The Morgan fingerprint density at radius 2 is 2.21 bits per heavy atom. The van der Waals surface area contributed by atoms with Crippen LogP contribution in [-0.4, -0.2) is 11.6 Å². The first-order chi connectivity index (χ1) is 9.10. The van der Waals surface area contributed by atoms with Gasteiger partial charge in [-0.3, -0.25) is 4.79 Å². The van der Waals surface area contributed by atoms with Crippen LogP contribution < -0.4 is 5.43 Å². The smallest absolute Gasteiger partial charge is 0.307 e. The average Bonchev–Trinajstić information content (AvgIpc) is 3.04. The molecule has 1 amide bonds. The number of hydrogen-bond acceptors (Lipinski definition) is 4. The van der Waals surface area contributed by atoms with Gasteiger partial charge in [0.15, 0.2) is 10.4 Å². The highest BCUT2D eigenvalue weighted by molar-refractivity contribution is 9.10. The molecular weight excluding hydrogens is 328 g/mol. The minimum atomic E-state index is -0.364. The van der Waals surface area contributed by atoms with Crippen LogP contribution in [-0.2, 0) is 6.42 Å². The van der Waals surface area contributed by atoms with Crippen LogP contribution in [0.4, 0.5) is 0 Å². The summed E-state index contributed by atoms with van der Waals surface area (Å²) < 4.78 is 5.66. The van der Waals surface area contributed by atoms with Gasteiger partial charge in [0.2, 0.25) is 0 Å². The number of aryl methyl sites for hydroxylation is 1. The third-order valence-electron chi connectivity index (χ3n) is 2.49. The number of thiophene rings is 1. The van der Waals surface area contributed by atoms with Gasteiger partial charge in [0, 0.05) is 4.88 Å². The van der Waals surface area contributed by atoms with Crippen molar-refractivity contribution in [3.63, 3.8) is 0 Å². The monoisotopic (exact) mass is 340 g/mol. The highest BCUT2D eigenvalue weighted by atomic mass is 79.9. The summed E-state index contributed by atoms with van der Waals surface area (Å²) in [7, 11) is 0. The number of nitrogens with zero attached hydrogens (tertiary/aromatic N) is 1. The fraction of sp³-hybridized carbons (Fsp3) is 0.231. The predicted molar refractivity (Wildman–Crippen MR) is 79.8 cm³/mol. The van der Waals surface area contributed by atoms with Gasteiger partial charge >= 0.3 is 5.91 Å². The minimum absolute atomic E-state index is 0.226. The van der Waals surface area contributed by atoms with Crippen LogP contribution in [0, 0.1) is 0 Å². The molecule has 2 heterocycles. The van der Waals surface area contributed by atoms with E-state index in [1.54, 1.807) is 23.5 Å². The van der Waals surface area contributed by atoms with E-state index in [-0.39, 0.29) is 11.7 Å². The van der Waals surface area contributed by atoms with Crippen LogP contribution in [0.15, 0.2) is 38.5 Å². The Morgan fingerprint density at radius 3 is 2.79 bits per heavy atom. The Kier molecular flexibility index (Phi) is 4.55. The van der Waals surface area contributed by atoms with E-state index < -0.39 is 0 Å². The van der Waals surface area contributed by atoms with Crippen molar-refractivity contribution in [2.24, 2.45) is 5.10 Å². The molecule has 1 N–H and O–H groups in total. The number of amides is 1. The molecule has 6 heteroatoms. The Bertz CT molecular complexity index is 616. The van der Waals surface area contributed by atoms with E-state index in [4.69, 9.17) is 4.42 Å². The maximum absolute atomic E-state index is 11.7. The summed E-state index contributed by atoms with van der Waals surface area (Å²) in [4.78, 5) is 14.1. The third kappa shape index (κ3) is 3.54. The zero-order valence-electron chi connectivity index (χ0n) is 10.6. The first kappa shape index (κ1) is 14.0. The van der Waals surface area contributed by atoms with E-state index in [1.165, 1.54) is 4.88 Å². The van der Waals surface area contributed by atoms with Gasteiger partial charge in [-0.25, -0.2) is 5.43 Å². The summed E-state index contributed by atoms with van der Waals surface area (Å²) in [5.41, 5.74) is 3.26. The summed E-state index contributed by atoms with van der Waals surface area (Å²) in [5.74, 6) is -0.138. The van der Waals surface area contributed by atoms with Crippen LogP contribution in [0.2, 0.25) is 0 Å². The van der Waals surface area contributed by atoms with E-state index in [0.29, 0.717) is 4.67 Å². The number of hydrazone groups is 1. The zero-order chi connectivity index (χ0) is 13.8. The summed E-state index contributed by atoms with van der Waals surface area (Å²) in [5, 5.41) is 4.08. The van der Waals surface area contributed by atoms with Crippen LogP contribution in [0.3, 0.4) is 0 Å². The molecule has 100 valence electrons. The van der Waals surface area contributed by atoms with Crippen LogP contribution in [0.25, 0.3) is 0 Å². The Balaban J connectivity index is 2.03. The second kappa shape index (κ2) is 6.16. The number of hydrogen-bond donors (Lipinski definition) is 1. The number of carbonyl (C=O) groups excluding carboxylic acids is 1. The average molecular weight is 341 g/mol. The standard InChI is InChI=1S/C13H13BrN2O2S/c1-3-9-4-6-11(19-9)8(2)15-16-13(17)10-5-7-12(14)18-10/h4-7H,3H2,1-2H3,(H,16,17)/b15-8+. The van der Waals surface area contributed by atoms with E-state index in [0.717, 1.165) is 17.0 Å². The molecule has 0 saturated carbocycles. The maximum atomic E-state index is 11.7. The first-order valence-corrected chi connectivity index (χ1v) is 7.40. The van der Waals surface area contributed by atoms with Crippen molar-refractivity contribution in [1.82, 2.24) is 5.43 Å². The van der Waals surface area contributed by atoms with Gasteiger partial charge in [-0.15, -0.1) is 11.3 Å². The number of halogens is 1. The normalized spacial score (nSPS) is 11.6. The molecule has 2 aromatic heterocycles. The van der Waals surface area contributed by atoms with Crippen molar-refractivity contribution in [2.75, 3.05) is 0 Å². The first-order valence-electron chi connectivity index (χ1n) is 5.79. The van der Waals surface area contributed by atoms with Crippen molar-refractivity contribution in [3.8, 4) is 0 Å². The molecule has 0 radical (unpaired) electrons. The largest absolute Gasteiger partial charge is 0.444 e.